The maximum atomic E-state index is 12.6. The number of hydrogen-bond donors (Lipinski definition) is 1. The number of aromatic amines is 1. The van der Waals surface area contributed by atoms with Gasteiger partial charge in [0, 0.05) is 4.88 Å². The van der Waals surface area contributed by atoms with Gasteiger partial charge < -0.3 is 9.72 Å². The molecule has 1 atom stereocenters. The first-order valence-corrected chi connectivity index (χ1v) is 9.30. The summed E-state index contributed by atoms with van der Waals surface area (Å²) in [5.41, 5.74) is 1.66. The number of thiophene rings is 1. The van der Waals surface area contributed by atoms with Crippen molar-refractivity contribution in [2.75, 3.05) is 0 Å². The second-order valence-corrected chi connectivity index (χ2v) is 7.47. The van der Waals surface area contributed by atoms with Crippen LogP contribution in [0.4, 0.5) is 0 Å². The van der Waals surface area contributed by atoms with E-state index >= 15 is 0 Å². The number of fused-ring (bicyclic) bond motifs is 1. The minimum Gasteiger partial charge on any atom is -0.451 e. The normalized spacial score (nSPS) is 12.2. The first kappa shape index (κ1) is 18.0. The minimum absolute atomic E-state index is 0.231. The van der Waals surface area contributed by atoms with E-state index in [0.717, 1.165) is 10.4 Å². The molecule has 1 aromatic carbocycles. The van der Waals surface area contributed by atoms with Crippen LogP contribution in [0.15, 0.2) is 35.4 Å². The molecule has 0 aliphatic carbocycles. The number of esters is 1. The van der Waals surface area contributed by atoms with Crippen molar-refractivity contribution in [3.05, 3.63) is 62.8 Å². The predicted octanol–water partition coefficient (Wildman–Crippen LogP) is 2.50. The Balaban J connectivity index is 1.59. The number of tetrazole rings is 1. The van der Waals surface area contributed by atoms with Gasteiger partial charge in [0.2, 0.25) is 0 Å². The van der Waals surface area contributed by atoms with Crippen molar-refractivity contribution in [2.24, 2.45) is 0 Å². The fourth-order valence-corrected chi connectivity index (χ4v) is 3.84. The number of nitrogens with zero attached hydrogens (tertiary/aromatic N) is 5. The highest BCUT2D eigenvalue weighted by atomic mass is 32.1. The van der Waals surface area contributed by atoms with E-state index in [1.807, 2.05) is 13.8 Å². The zero-order valence-electron chi connectivity index (χ0n) is 15.3. The summed E-state index contributed by atoms with van der Waals surface area (Å²) in [6.07, 6.45) is 0.714. The zero-order chi connectivity index (χ0) is 19.8. The molecule has 28 heavy (non-hydrogen) atoms. The highest BCUT2D eigenvalue weighted by Crippen LogP contribution is 2.27. The Labute approximate surface area is 163 Å². The van der Waals surface area contributed by atoms with Crippen molar-refractivity contribution < 1.29 is 9.53 Å². The first-order valence-electron chi connectivity index (χ1n) is 8.48. The van der Waals surface area contributed by atoms with Gasteiger partial charge >= 0.3 is 5.97 Å². The third-order valence-corrected chi connectivity index (χ3v) is 5.52. The van der Waals surface area contributed by atoms with E-state index in [1.54, 1.807) is 31.2 Å². The number of aryl methyl sites for hydroxylation is 2. The fourth-order valence-electron chi connectivity index (χ4n) is 2.80. The van der Waals surface area contributed by atoms with Gasteiger partial charge in [-0.2, -0.15) is 0 Å². The van der Waals surface area contributed by atoms with Gasteiger partial charge in [0.05, 0.1) is 16.6 Å². The summed E-state index contributed by atoms with van der Waals surface area (Å²) in [6.45, 7) is 5.51. The molecule has 0 amide bonds. The van der Waals surface area contributed by atoms with E-state index in [2.05, 4.69) is 25.5 Å². The largest absolute Gasteiger partial charge is 0.451 e. The summed E-state index contributed by atoms with van der Waals surface area (Å²) in [5.74, 6) is -0.229. The predicted molar refractivity (Wildman–Crippen MR) is 103 cm³/mol. The lowest BCUT2D eigenvalue weighted by atomic mass is 10.2. The monoisotopic (exact) mass is 396 g/mol. The molecule has 0 bridgehead atoms. The number of H-pyrrole nitrogens is 1. The van der Waals surface area contributed by atoms with Gasteiger partial charge in [0.1, 0.15) is 11.2 Å². The summed E-state index contributed by atoms with van der Waals surface area (Å²) >= 11 is 1.45. The van der Waals surface area contributed by atoms with Crippen LogP contribution >= 0.6 is 11.3 Å². The minimum atomic E-state index is -0.719. The van der Waals surface area contributed by atoms with Crippen molar-refractivity contribution in [1.29, 1.82) is 0 Å². The summed E-state index contributed by atoms with van der Waals surface area (Å²) in [6, 6.07) is 6.73. The molecule has 0 aliphatic rings. The van der Waals surface area contributed by atoms with Crippen LogP contribution in [0.2, 0.25) is 0 Å². The van der Waals surface area contributed by atoms with E-state index in [9.17, 15) is 9.59 Å². The van der Waals surface area contributed by atoms with Crippen LogP contribution in [0.3, 0.4) is 0 Å². The lowest BCUT2D eigenvalue weighted by molar-refractivity contribution is 0.0320. The number of benzene rings is 1. The van der Waals surface area contributed by atoms with Gasteiger partial charge in [-0.1, -0.05) is 6.07 Å². The average Bonchev–Trinajstić information content (AvgIpc) is 3.31. The van der Waals surface area contributed by atoms with Crippen LogP contribution in [0.5, 0.6) is 0 Å². The molecular formula is C18H16N6O3S. The van der Waals surface area contributed by atoms with E-state index in [1.165, 1.54) is 22.3 Å². The molecule has 1 N–H and O–H groups in total. The van der Waals surface area contributed by atoms with Crippen LogP contribution < -0.4 is 5.56 Å². The Morgan fingerprint density at radius 3 is 2.89 bits per heavy atom. The smallest absolute Gasteiger partial charge is 0.338 e. The van der Waals surface area contributed by atoms with E-state index in [4.69, 9.17) is 4.74 Å². The van der Waals surface area contributed by atoms with Crippen LogP contribution in [0.1, 0.15) is 39.7 Å². The Morgan fingerprint density at radius 2 is 2.14 bits per heavy atom. The molecule has 0 unspecified atom stereocenters. The lowest BCUT2D eigenvalue weighted by Crippen LogP contribution is -2.17. The Morgan fingerprint density at radius 1 is 1.32 bits per heavy atom. The second-order valence-electron chi connectivity index (χ2n) is 6.27. The molecule has 0 fully saturated rings. The Bertz CT molecular complexity index is 1230. The molecule has 4 rings (SSSR count). The maximum Gasteiger partial charge on any atom is 0.338 e. The molecule has 142 valence electrons. The molecule has 0 aliphatic heterocycles. The summed E-state index contributed by atoms with van der Waals surface area (Å²) in [4.78, 5) is 33.9. The van der Waals surface area contributed by atoms with E-state index < -0.39 is 12.1 Å². The number of hydrogen-bond acceptors (Lipinski definition) is 8. The summed E-state index contributed by atoms with van der Waals surface area (Å²) < 4.78 is 6.95. The summed E-state index contributed by atoms with van der Waals surface area (Å²) in [7, 11) is 0. The van der Waals surface area contributed by atoms with Gasteiger partial charge in [0.25, 0.3) is 5.56 Å². The van der Waals surface area contributed by atoms with Crippen LogP contribution in [-0.2, 0) is 4.74 Å². The summed E-state index contributed by atoms with van der Waals surface area (Å²) in [5, 5.41) is 11.5. The number of ether oxygens (including phenoxy) is 1. The fraction of sp³-hybridized carbons (Fsp3) is 0.222. The maximum absolute atomic E-state index is 12.6. The SMILES string of the molecule is Cc1sc2nc([C@H](C)OC(=O)c3cccc(-n4cnnn4)c3)[nH]c(=O)c2c1C. The first-order chi connectivity index (χ1) is 13.4. The van der Waals surface area contributed by atoms with E-state index in [-0.39, 0.29) is 5.56 Å². The number of aromatic nitrogens is 6. The Hall–Kier alpha value is -3.40. The number of rotatable bonds is 4. The van der Waals surface area contributed by atoms with Gasteiger partial charge in [0.15, 0.2) is 11.9 Å². The van der Waals surface area contributed by atoms with Crippen molar-refractivity contribution in [1.82, 2.24) is 30.2 Å². The zero-order valence-corrected chi connectivity index (χ0v) is 16.1. The molecule has 0 saturated heterocycles. The van der Waals surface area contributed by atoms with Gasteiger partial charge in [-0.25, -0.2) is 14.5 Å². The van der Waals surface area contributed by atoms with Crippen LogP contribution in [-0.4, -0.2) is 36.1 Å². The molecule has 0 saturated carbocycles. The van der Waals surface area contributed by atoms with Crippen molar-refractivity contribution >= 4 is 27.5 Å². The molecule has 3 aromatic heterocycles. The molecule has 9 nitrogen and oxygen atoms in total. The third-order valence-electron chi connectivity index (χ3n) is 4.42. The molecule has 4 aromatic rings. The highest BCUT2D eigenvalue weighted by molar-refractivity contribution is 7.18. The van der Waals surface area contributed by atoms with Crippen molar-refractivity contribution in [3.8, 4) is 5.69 Å². The standard InChI is InChI=1S/C18H16N6O3S/c1-9-11(3)28-17-14(9)16(25)20-15(21-17)10(2)27-18(26)12-5-4-6-13(7-12)24-8-19-22-23-24/h4-8,10H,1-3H3,(H,20,21,25)/t10-/m0/s1. The lowest BCUT2D eigenvalue weighted by Gasteiger charge is -2.13. The highest BCUT2D eigenvalue weighted by Gasteiger charge is 2.19. The van der Waals surface area contributed by atoms with Crippen molar-refractivity contribution in [2.45, 2.75) is 26.9 Å². The molecular weight excluding hydrogens is 380 g/mol. The van der Waals surface area contributed by atoms with Crippen LogP contribution in [0, 0.1) is 13.8 Å². The number of nitrogens with one attached hydrogen (secondary N) is 1. The van der Waals surface area contributed by atoms with Crippen LogP contribution in [0.25, 0.3) is 15.9 Å². The van der Waals surface area contributed by atoms with Crippen molar-refractivity contribution in [3.63, 3.8) is 0 Å². The number of carbonyl (C=O) groups is 1. The number of carbonyl (C=O) groups excluding carboxylic acids is 1. The molecule has 10 heteroatoms. The average molecular weight is 396 g/mol. The topological polar surface area (TPSA) is 116 Å². The molecule has 0 spiro atoms. The third kappa shape index (κ3) is 3.18. The van der Waals surface area contributed by atoms with E-state index in [0.29, 0.717) is 27.3 Å². The van der Waals surface area contributed by atoms with Gasteiger partial charge in [-0.15, -0.1) is 16.4 Å². The molecule has 3 heterocycles. The Kier molecular flexibility index (Phi) is 4.47. The van der Waals surface area contributed by atoms with Gasteiger partial charge in [-0.3, -0.25) is 4.79 Å². The van der Waals surface area contributed by atoms with Gasteiger partial charge in [-0.05, 0) is 55.0 Å². The second kappa shape index (κ2) is 6.97. The molecule has 0 radical (unpaired) electrons. The quantitative estimate of drug-likeness (QED) is 0.527.